The van der Waals surface area contributed by atoms with E-state index in [-0.39, 0.29) is 58.4 Å². The Morgan fingerprint density at radius 3 is 1.50 bits per heavy atom. The van der Waals surface area contributed by atoms with Crippen LogP contribution < -0.4 is 30.8 Å². The minimum Gasteiger partial charge on any atom is -0.493 e. The van der Waals surface area contributed by atoms with Crippen LogP contribution >= 0.6 is 0 Å². The zero-order valence-corrected chi connectivity index (χ0v) is 28.3. The molecule has 0 aliphatic rings. The third-order valence-corrected chi connectivity index (χ3v) is 6.05. The number of rotatable bonds is 11. The van der Waals surface area contributed by atoms with E-state index in [0.29, 0.717) is 29.4 Å². The fraction of sp³-hybridized carbons (Fsp3) is 0.206. The molecule has 0 saturated heterocycles. The molecule has 258 valence electrons. The number of nitrogens with zero attached hydrogens (tertiary/aromatic N) is 1. The molecule has 0 saturated carbocycles. The van der Waals surface area contributed by atoms with Gasteiger partial charge in [0.05, 0.1) is 30.8 Å². The number of hydrogen-bond acceptors (Lipinski definition) is 12. The van der Waals surface area contributed by atoms with E-state index in [2.05, 4.69) is 5.11 Å². The average Bonchev–Trinajstić information content (AvgIpc) is 3.07. The van der Waals surface area contributed by atoms with Gasteiger partial charge in [-0.25, -0.2) is 0 Å². The molecule has 0 heterocycles. The zero-order chi connectivity index (χ0) is 34.9. The minimum absolute atomic E-state index is 0. The first-order valence-electron chi connectivity index (χ1n) is 14.2. The van der Waals surface area contributed by atoms with Gasteiger partial charge < -0.3 is 35.9 Å². The molecule has 0 amide bonds. The summed E-state index contributed by atoms with van der Waals surface area (Å²) < 4.78 is 27.5. The molecule has 48 heavy (non-hydrogen) atoms. The smallest absolute Gasteiger partial charge is 0.300 e. The number of anilines is 1. The second-order valence-corrected chi connectivity index (χ2v) is 9.52. The second kappa shape index (κ2) is 21.4. The molecule has 4 rings (SSSR count). The van der Waals surface area contributed by atoms with Crippen molar-refractivity contribution in [3.63, 3.8) is 0 Å². The van der Waals surface area contributed by atoms with Crippen LogP contribution in [0.3, 0.4) is 0 Å². The van der Waals surface area contributed by atoms with Crippen molar-refractivity contribution in [3.8, 4) is 23.0 Å². The maximum atomic E-state index is 11.5. The number of aliphatic carboxylic acids is 1. The van der Waals surface area contributed by atoms with Gasteiger partial charge in [0.25, 0.3) is 13.1 Å². The van der Waals surface area contributed by atoms with Crippen LogP contribution in [0, 0.1) is 10.1 Å². The van der Waals surface area contributed by atoms with Gasteiger partial charge in [0, 0.05) is 47.4 Å². The number of methoxy groups -OCH3 is 2. The number of nitro groups is 1. The third kappa shape index (κ3) is 13.5. The summed E-state index contributed by atoms with van der Waals surface area (Å²) >= 11 is 0. The van der Waals surface area contributed by atoms with Crippen LogP contribution in [0.2, 0.25) is 0 Å². The molecule has 0 atom stereocenters. The number of nitro benzene ring substituents is 1. The van der Waals surface area contributed by atoms with Crippen molar-refractivity contribution in [2.24, 2.45) is 0 Å². The number of ether oxygens (including phenoxy) is 4. The number of ketones is 2. The number of carboxylic acid groups (broad SMARTS) is 1. The Labute approximate surface area is 290 Å². The van der Waals surface area contributed by atoms with Gasteiger partial charge in [-0.2, -0.15) is 0 Å². The number of Topliss-reactive ketones (excluding diaryl/α,β-unsaturated/α-hetero) is 2. The zero-order valence-electron chi connectivity index (χ0n) is 28.2. The minimum atomic E-state index is -0.606. The Morgan fingerprint density at radius 1 is 0.750 bits per heavy atom. The standard InChI is InChI=1S/C16H15NO5.C16H17NO3.C2H4O2.Fe.H3N/c1-11(18)13-8-15(21-2)16(9-14(13)17(19)20)22-10-12-6-4-3-5-7-12;1-11(18)13-8-15(19-2)16(9-14(13)17)20-10-12-6-4-3-5-7-12;1-2(3)4;;/h3-9H,10H2,1-2H3;3-9H,10,17H2,1-2H3;1H3,(H,3,4);;1H3/i/hD. The molecule has 13 nitrogen and oxygen atoms in total. The monoisotopic (exact) mass is 706 g/mol. The van der Waals surface area contributed by atoms with Crippen LogP contribution in [0.5, 0.6) is 23.0 Å². The van der Waals surface area contributed by atoms with Crippen LogP contribution in [0.1, 0.15) is 52.6 Å². The van der Waals surface area contributed by atoms with Crippen LogP contribution in [0.4, 0.5) is 11.4 Å². The van der Waals surface area contributed by atoms with Crippen molar-refractivity contribution in [2.75, 3.05) is 20.0 Å². The SMILES string of the molecule is COc1cc(C(C)=O)c(N)cc1OCc1ccccc1.COc1cc(C(C)=O)c([N+](=O)[O-])cc1OCc1ccccc1.N.[2H]OC(C)=O.[Fe]. The molecule has 6 N–H and O–H groups in total. The first-order chi connectivity index (χ1) is 22.4. The molecule has 4 aromatic carbocycles. The van der Waals surface area contributed by atoms with Crippen molar-refractivity contribution < 1.29 is 60.4 Å². The van der Waals surface area contributed by atoms with Crippen molar-refractivity contribution in [1.29, 1.82) is 1.43 Å². The molecule has 4 aromatic rings. The normalized spacial score (nSPS) is 9.56. The summed E-state index contributed by atoms with van der Waals surface area (Å²) in [5.74, 6) is 0.453. The number of benzene rings is 4. The average molecular weight is 707 g/mol. The van der Waals surface area contributed by atoms with Gasteiger partial charge in [-0.05, 0) is 31.0 Å². The van der Waals surface area contributed by atoms with E-state index in [4.69, 9.17) is 26.1 Å². The number of hydrogen-bond donors (Lipinski definition) is 3. The molecule has 0 bridgehead atoms. The van der Waals surface area contributed by atoms with Crippen molar-refractivity contribution >= 4 is 28.9 Å². The number of nitrogen functional groups attached to an aromatic ring is 1. The quantitative estimate of drug-likeness (QED) is 0.0489. The van der Waals surface area contributed by atoms with E-state index in [1.165, 1.54) is 47.1 Å². The summed E-state index contributed by atoms with van der Waals surface area (Å²) in [6, 6.07) is 25.0. The molecule has 0 aromatic heterocycles. The fourth-order valence-electron chi connectivity index (χ4n) is 3.88. The van der Waals surface area contributed by atoms with Gasteiger partial charge >= 0.3 is 0 Å². The van der Waals surface area contributed by atoms with Gasteiger partial charge in [0.15, 0.2) is 34.6 Å². The number of carbonyl (C=O) groups is 3. The van der Waals surface area contributed by atoms with Gasteiger partial charge in [-0.15, -0.1) is 0 Å². The van der Waals surface area contributed by atoms with Gasteiger partial charge in [0.2, 0.25) is 0 Å². The van der Waals surface area contributed by atoms with Crippen LogP contribution in [0.15, 0.2) is 84.9 Å². The maximum absolute atomic E-state index is 11.5. The van der Waals surface area contributed by atoms with Crippen LogP contribution in [-0.2, 0) is 35.1 Å². The van der Waals surface area contributed by atoms with Gasteiger partial charge in [-0.3, -0.25) is 24.5 Å². The Balaban J connectivity index is 0.000000800. The summed E-state index contributed by atoms with van der Waals surface area (Å²) in [6.45, 7) is 4.57. The largest absolute Gasteiger partial charge is 0.493 e. The first kappa shape index (κ1) is 40.6. The van der Waals surface area contributed by atoms with E-state index < -0.39 is 16.7 Å². The van der Waals surface area contributed by atoms with E-state index in [1.54, 1.807) is 12.1 Å². The van der Waals surface area contributed by atoms with Crippen LogP contribution in [0.25, 0.3) is 1.43 Å². The molecular formula is C34H39FeN3O10. The molecule has 0 radical (unpaired) electrons. The number of carboxylic acids is 1. The summed E-state index contributed by atoms with van der Waals surface area (Å²) in [7, 11) is 2.95. The van der Waals surface area contributed by atoms with Gasteiger partial charge in [-0.1, -0.05) is 60.7 Å². The molecular weight excluding hydrogens is 666 g/mol. The molecule has 0 aliphatic carbocycles. The van der Waals surface area contributed by atoms with E-state index in [0.717, 1.165) is 11.1 Å². The van der Waals surface area contributed by atoms with Crippen LogP contribution in [-0.4, -0.2) is 41.8 Å². The van der Waals surface area contributed by atoms with Crippen molar-refractivity contribution in [2.45, 2.75) is 34.0 Å². The molecule has 0 fully saturated rings. The third-order valence-electron chi connectivity index (χ3n) is 6.05. The van der Waals surface area contributed by atoms with Crippen molar-refractivity contribution in [1.82, 2.24) is 6.15 Å². The Kier molecular flexibility index (Phi) is 18.1. The summed E-state index contributed by atoms with van der Waals surface area (Å²) in [6.07, 6.45) is 0. The summed E-state index contributed by atoms with van der Waals surface area (Å²) in [5, 5.41) is 14.5. The predicted octanol–water partition coefficient (Wildman–Crippen LogP) is 6.69. The fourth-order valence-corrected chi connectivity index (χ4v) is 3.88. The Bertz CT molecular complexity index is 1680. The van der Waals surface area contributed by atoms with E-state index >= 15 is 0 Å². The molecule has 0 spiro atoms. The topological polar surface area (TPSA) is 213 Å². The summed E-state index contributed by atoms with van der Waals surface area (Å²) in [4.78, 5) is 42.9. The second-order valence-electron chi connectivity index (χ2n) is 9.52. The van der Waals surface area contributed by atoms with Crippen molar-refractivity contribution in [3.05, 3.63) is 117 Å². The van der Waals surface area contributed by atoms with Gasteiger partial charge in [0.1, 0.15) is 13.2 Å². The van der Waals surface area contributed by atoms with E-state index in [1.807, 2.05) is 60.7 Å². The Hall–Kier alpha value is -5.43. The number of carbonyl (C=O) groups excluding carboxylic acids is 2. The molecule has 14 heteroatoms. The molecule has 0 aliphatic heterocycles. The first-order valence-corrected chi connectivity index (χ1v) is 13.7. The predicted molar refractivity (Wildman–Crippen MR) is 177 cm³/mol. The van der Waals surface area contributed by atoms with E-state index in [9.17, 15) is 24.5 Å². The number of nitrogens with two attached hydrogens (primary N) is 1. The maximum Gasteiger partial charge on any atom is 0.300 e. The molecule has 0 unspecified atom stereocenters. The Morgan fingerprint density at radius 2 is 1.15 bits per heavy atom. The summed E-state index contributed by atoms with van der Waals surface area (Å²) in [5.41, 5.74) is 8.35.